The third kappa shape index (κ3) is 3.76. The molecule has 0 aliphatic heterocycles. The Morgan fingerprint density at radius 3 is 2.30 bits per heavy atom. The van der Waals surface area contributed by atoms with Gasteiger partial charge in [-0.15, -0.1) is 4.83 Å². The Morgan fingerprint density at radius 1 is 1.13 bits per heavy atom. The molecule has 1 aromatic heterocycles. The number of aryl methyl sites for hydroxylation is 1. The van der Waals surface area contributed by atoms with Gasteiger partial charge >= 0.3 is 5.97 Å². The van der Waals surface area contributed by atoms with E-state index in [0.717, 1.165) is 0 Å². The lowest BCUT2D eigenvalue weighted by atomic mass is 10.2. The molecule has 0 fully saturated rings. The van der Waals surface area contributed by atoms with Crippen molar-refractivity contribution in [1.29, 1.82) is 0 Å². The number of esters is 1. The molecule has 0 aliphatic rings. The summed E-state index contributed by atoms with van der Waals surface area (Å²) in [6, 6.07) is 8.33. The molecule has 23 heavy (non-hydrogen) atoms. The fraction of sp³-hybridized carbons (Fsp3) is 0.143. The Morgan fingerprint density at radius 2 is 1.78 bits per heavy atom. The number of hydrogen-bond donors (Lipinski definition) is 2. The van der Waals surface area contributed by atoms with E-state index in [2.05, 4.69) is 10.2 Å². The Kier molecular flexibility index (Phi) is 4.82. The van der Waals surface area contributed by atoms with Crippen molar-refractivity contribution in [1.82, 2.24) is 14.8 Å². The molecule has 0 unspecified atom stereocenters. The van der Waals surface area contributed by atoms with E-state index >= 15 is 0 Å². The number of hydrazine groups is 1. The molecule has 1 amide bonds. The summed E-state index contributed by atoms with van der Waals surface area (Å²) in [5, 5.41) is 0. The van der Waals surface area contributed by atoms with Gasteiger partial charge in [0.05, 0.1) is 17.6 Å². The van der Waals surface area contributed by atoms with Crippen LogP contribution in [0.5, 0.6) is 0 Å². The minimum absolute atomic E-state index is 0.0997. The summed E-state index contributed by atoms with van der Waals surface area (Å²) in [6.45, 7) is 0. The standard InChI is InChI=1S/C14H15N3O5S/c1-17-9-3-4-12(17)13(18)15-16-23(20,21)11-7-5-10(6-8-11)14(19)22-2/h3-9,16H,1-2H3,(H,15,18). The number of carbonyl (C=O) groups excluding carboxylic acids is 2. The maximum Gasteiger partial charge on any atom is 0.337 e. The highest BCUT2D eigenvalue weighted by molar-refractivity contribution is 7.89. The van der Waals surface area contributed by atoms with Crippen LogP contribution in [0.15, 0.2) is 47.5 Å². The van der Waals surface area contributed by atoms with E-state index in [-0.39, 0.29) is 10.5 Å². The summed E-state index contributed by atoms with van der Waals surface area (Å²) in [5.41, 5.74) is 2.65. The van der Waals surface area contributed by atoms with E-state index in [9.17, 15) is 18.0 Å². The Bertz CT molecular complexity index is 824. The van der Waals surface area contributed by atoms with Gasteiger partial charge in [0.1, 0.15) is 5.69 Å². The molecule has 0 aliphatic carbocycles. The van der Waals surface area contributed by atoms with Crippen LogP contribution >= 0.6 is 0 Å². The number of benzene rings is 1. The minimum atomic E-state index is -3.95. The third-order valence-corrected chi connectivity index (χ3v) is 4.32. The van der Waals surface area contributed by atoms with Crippen LogP contribution in [0.25, 0.3) is 0 Å². The highest BCUT2D eigenvalue weighted by Crippen LogP contribution is 2.11. The lowest BCUT2D eigenvalue weighted by Crippen LogP contribution is -2.42. The number of rotatable bonds is 5. The summed E-state index contributed by atoms with van der Waals surface area (Å²) in [4.78, 5) is 25.1. The van der Waals surface area contributed by atoms with Gasteiger partial charge in [0, 0.05) is 13.2 Å². The van der Waals surface area contributed by atoms with Gasteiger partial charge < -0.3 is 9.30 Å². The molecule has 122 valence electrons. The second-order valence-corrected chi connectivity index (χ2v) is 6.26. The van der Waals surface area contributed by atoms with Crippen molar-refractivity contribution < 1.29 is 22.7 Å². The van der Waals surface area contributed by atoms with Crippen molar-refractivity contribution in [2.75, 3.05) is 7.11 Å². The van der Waals surface area contributed by atoms with Gasteiger partial charge in [-0.05, 0) is 36.4 Å². The number of nitrogens with zero attached hydrogens (tertiary/aromatic N) is 1. The number of carbonyl (C=O) groups is 2. The maximum atomic E-state index is 12.1. The molecule has 0 atom stereocenters. The minimum Gasteiger partial charge on any atom is -0.465 e. The van der Waals surface area contributed by atoms with Crippen molar-refractivity contribution in [3.63, 3.8) is 0 Å². The summed E-state index contributed by atoms with van der Waals surface area (Å²) >= 11 is 0. The number of nitrogens with one attached hydrogen (secondary N) is 2. The fourth-order valence-electron chi connectivity index (χ4n) is 1.82. The first kappa shape index (κ1) is 16.7. The molecule has 9 heteroatoms. The molecule has 0 saturated carbocycles. The number of methoxy groups -OCH3 is 1. The highest BCUT2D eigenvalue weighted by Gasteiger charge is 2.17. The van der Waals surface area contributed by atoms with E-state index in [1.807, 2.05) is 4.83 Å². The average Bonchev–Trinajstić information content (AvgIpc) is 2.98. The van der Waals surface area contributed by atoms with E-state index in [1.54, 1.807) is 29.9 Å². The van der Waals surface area contributed by atoms with Crippen LogP contribution in [0.4, 0.5) is 0 Å². The molecule has 1 heterocycles. The van der Waals surface area contributed by atoms with Crippen molar-refractivity contribution in [2.45, 2.75) is 4.90 Å². The van der Waals surface area contributed by atoms with Crippen LogP contribution in [0.3, 0.4) is 0 Å². The molecule has 2 aromatic rings. The van der Waals surface area contributed by atoms with Gasteiger partial charge in [0.25, 0.3) is 15.9 Å². The highest BCUT2D eigenvalue weighted by atomic mass is 32.2. The molecule has 8 nitrogen and oxygen atoms in total. The quantitative estimate of drug-likeness (QED) is 0.608. The zero-order valence-corrected chi connectivity index (χ0v) is 13.3. The van der Waals surface area contributed by atoms with Gasteiger partial charge in [-0.2, -0.15) is 0 Å². The monoisotopic (exact) mass is 337 g/mol. The summed E-state index contributed by atoms with van der Waals surface area (Å²) < 4.78 is 30.3. The third-order valence-electron chi connectivity index (χ3n) is 3.06. The van der Waals surface area contributed by atoms with Crippen LogP contribution in [0.1, 0.15) is 20.8 Å². The molecule has 0 spiro atoms. The second-order valence-electron chi connectivity index (χ2n) is 4.58. The lowest BCUT2D eigenvalue weighted by Gasteiger charge is -2.09. The van der Waals surface area contributed by atoms with Gasteiger partial charge in [-0.1, -0.05) is 0 Å². The Balaban J connectivity index is 2.08. The molecule has 0 saturated heterocycles. The van der Waals surface area contributed by atoms with E-state index in [0.29, 0.717) is 5.69 Å². The topological polar surface area (TPSA) is 106 Å². The number of hydrogen-bond acceptors (Lipinski definition) is 5. The van der Waals surface area contributed by atoms with Crippen molar-refractivity contribution in [3.05, 3.63) is 53.9 Å². The second kappa shape index (κ2) is 6.63. The van der Waals surface area contributed by atoms with Gasteiger partial charge in [-0.25, -0.2) is 13.2 Å². The lowest BCUT2D eigenvalue weighted by molar-refractivity contribution is 0.0600. The van der Waals surface area contributed by atoms with Gasteiger partial charge in [0.2, 0.25) is 0 Å². The summed E-state index contributed by atoms with van der Waals surface area (Å²) in [5.74, 6) is -1.16. The van der Waals surface area contributed by atoms with Crippen molar-refractivity contribution >= 4 is 21.9 Å². The Labute approximate surface area is 133 Å². The zero-order chi connectivity index (χ0) is 17.0. The molecule has 0 bridgehead atoms. The number of sulfonamides is 1. The molecule has 0 radical (unpaired) electrons. The van der Waals surface area contributed by atoms with Gasteiger partial charge in [0.15, 0.2) is 0 Å². The van der Waals surface area contributed by atoms with Crippen LogP contribution in [0, 0.1) is 0 Å². The summed E-state index contributed by atoms with van der Waals surface area (Å²) in [7, 11) is -1.06. The first-order valence-electron chi connectivity index (χ1n) is 6.47. The number of ether oxygens (including phenoxy) is 1. The number of aromatic nitrogens is 1. The van der Waals surface area contributed by atoms with Crippen molar-refractivity contribution in [2.24, 2.45) is 7.05 Å². The zero-order valence-electron chi connectivity index (χ0n) is 12.4. The predicted octanol–water partition coefficient (Wildman–Crippen LogP) is 0.435. The van der Waals surface area contributed by atoms with E-state index < -0.39 is 21.9 Å². The first-order chi connectivity index (χ1) is 10.8. The molecule has 2 rings (SSSR count). The normalized spacial score (nSPS) is 11.0. The smallest absolute Gasteiger partial charge is 0.337 e. The predicted molar refractivity (Wildman–Crippen MR) is 81.0 cm³/mol. The fourth-order valence-corrected chi connectivity index (χ4v) is 2.66. The Hall–Kier alpha value is -2.65. The average molecular weight is 337 g/mol. The summed E-state index contributed by atoms with van der Waals surface area (Å²) in [6.07, 6.45) is 1.66. The van der Waals surface area contributed by atoms with Crippen LogP contribution in [-0.4, -0.2) is 32.0 Å². The first-order valence-corrected chi connectivity index (χ1v) is 7.95. The molecular weight excluding hydrogens is 322 g/mol. The van der Waals surface area contributed by atoms with Crippen molar-refractivity contribution in [3.8, 4) is 0 Å². The van der Waals surface area contributed by atoms with Crippen LogP contribution < -0.4 is 10.3 Å². The SMILES string of the molecule is COC(=O)c1ccc(S(=O)(=O)NNC(=O)c2cccn2C)cc1. The number of amides is 1. The van der Waals surface area contributed by atoms with E-state index in [4.69, 9.17) is 0 Å². The van der Waals surface area contributed by atoms with Crippen LogP contribution in [0.2, 0.25) is 0 Å². The maximum absolute atomic E-state index is 12.1. The molecule has 1 aromatic carbocycles. The molecular formula is C14H15N3O5S. The van der Waals surface area contributed by atoms with E-state index in [1.165, 1.54) is 31.4 Å². The van der Waals surface area contributed by atoms with Gasteiger partial charge in [-0.3, -0.25) is 10.2 Å². The van der Waals surface area contributed by atoms with Crippen LogP contribution in [-0.2, 0) is 21.8 Å². The largest absolute Gasteiger partial charge is 0.465 e. The molecule has 2 N–H and O–H groups in total.